The molecule has 4 N–H and O–H groups in total. The van der Waals surface area contributed by atoms with E-state index in [0.717, 1.165) is 31.5 Å². The summed E-state index contributed by atoms with van der Waals surface area (Å²) in [6.07, 6.45) is 2.77. The lowest BCUT2D eigenvalue weighted by Crippen LogP contribution is -2.49. The van der Waals surface area contributed by atoms with Crippen LogP contribution in [0.4, 0.5) is 11.4 Å². The van der Waals surface area contributed by atoms with Crippen LogP contribution in [0.3, 0.4) is 0 Å². The number of anilines is 2. The average Bonchev–Trinajstić information content (AvgIpc) is 2.46. The fourth-order valence-corrected chi connectivity index (χ4v) is 2.61. The quantitative estimate of drug-likeness (QED) is 0.718. The van der Waals surface area contributed by atoms with Gasteiger partial charge in [0.05, 0.1) is 16.9 Å². The van der Waals surface area contributed by atoms with Gasteiger partial charge in [-0.25, -0.2) is 4.79 Å². The van der Waals surface area contributed by atoms with E-state index in [1.165, 1.54) is 12.1 Å². The minimum Gasteiger partial charge on any atom is -0.478 e. The van der Waals surface area contributed by atoms with Crippen molar-refractivity contribution in [3.8, 4) is 0 Å². The number of nitrogens with two attached hydrogens (primary N) is 1. The molecule has 2 rings (SSSR count). The Labute approximate surface area is 117 Å². The maximum atomic E-state index is 11.9. The van der Waals surface area contributed by atoms with Crippen LogP contribution in [-0.4, -0.2) is 36.6 Å². The molecule has 1 aliphatic rings. The number of hydrogen-bond acceptors (Lipinski definition) is 4. The second-order valence-corrected chi connectivity index (χ2v) is 4.90. The van der Waals surface area contributed by atoms with Crippen molar-refractivity contribution in [2.24, 2.45) is 0 Å². The van der Waals surface area contributed by atoms with Crippen LogP contribution in [0.5, 0.6) is 0 Å². The molecule has 6 heteroatoms. The summed E-state index contributed by atoms with van der Waals surface area (Å²) in [6, 6.07) is 4.39. The summed E-state index contributed by atoms with van der Waals surface area (Å²) in [5, 5.41) is 11.6. The first-order valence-electron chi connectivity index (χ1n) is 6.65. The van der Waals surface area contributed by atoms with E-state index in [4.69, 9.17) is 10.8 Å². The van der Waals surface area contributed by atoms with E-state index in [1.807, 2.05) is 4.90 Å². The number of benzene rings is 1. The monoisotopic (exact) mass is 277 g/mol. The van der Waals surface area contributed by atoms with Crippen molar-refractivity contribution >= 4 is 23.3 Å². The van der Waals surface area contributed by atoms with Crippen LogP contribution in [0, 0.1) is 0 Å². The van der Waals surface area contributed by atoms with Crippen molar-refractivity contribution in [2.75, 3.05) is 24.2 Å². The van der Waals surface area contributed by atoms with Gasteiger partial charge in [-0.15, -0.1) is 0 Å². The van der Waals surface area contributed by atoms with Crippen LogP contribution < -0.4 is 16.0 Å². The topological polar surface area (TPSA) is 95.7 Å². The third kappa shape index (κ3) is 2.68. The minimum absolute atomic E-state index is 0.0357. The molecule has 1 aliphatic heterocycles. The first-order chi connectivity index (χ1) is 9.54. The van der Waals surface area contributed by atoms with Crippen LogP contribution >= 0.6 is 0 Å². The Morgan fingerprint density at radius 2 is 2.15 bits per heavy atom. The summed E-state index contributed by atoms with van der Waals surface area (Å²) in [4.78, 5) is 24.8. The smallest absolute Gasteiger partial charge is 0.335 e. The predicted molar refractivity (Wildman–Crippen MR) is 76.9 cm³/mol. The molecule has 1 unspecified atom stereocenters. The molecule has 0 spiro atoms. The number of carboxylic acid groups (broad SMARTS) is 1. The van der Waals surface area contributed by atoms with Gasteiger partial charge in [0.15, 0.2) is 0 Å². The molecule has 1 amide bonds. The molecule has 1 aromatic carbocycles. The Morgan fingerprint density at radius 3 is 2.75 bits per heavy atom. The van der Waals surface area contributed by atoms with E-state index in [2.05, 4.69) is 5.32 Å². The fourth-order valence-electron chi connectivity index (χ4n) is 2.61. The zero-order chi connectivity index (χ0) is 14.7. The Kier molecular flexibility index (Phi) is 4.12. The molecule has 1 saturated heterocycles. The van der Waals surface area contributed by atoms with Crippen LogP contribution in [0.1, 0.15) is 29.6 Å². The van der Waals surface area contributed by atoms with Gasteiger partial charge in [-0.2, -0.15) is 0 Å². The van der Waals surface area contributed by atoms with Crippen LogP contribution in [0.2, 0.25) is 0 Å². The lowest BCUT2D eigenvalue weighted by Gasteiger charge is -2.37. The number of carbonyl (C=O) groups excluding carboxylic acids is 1. The molecule has 0 saturated carbocycles. The summed E-state index contributed by atoms with van der Waals surface area (Å²) in [6.45, 7) is 0.745. The van der Waals surface area contributed by atoms with Gasteiger partial charge >= 0.3 is 5.97 Å². The van der Waals surface area contributed by atoms with Gasteiger partial charge in [-0.1, -0.05) is 0 Å². The van der Waals surface area contributed by atoms with E-state index in [-0.39, 0.29) is 17.5 Å². The molecule has 0 aliphatic carbocycles. The molecular weight excluding hydrogens is 258 g/mol. The molecule has 1 fully saturated rings. The number of aromatic carboxylic acids is 1. The van der Waals surface area contributed by atoms with Gasteiger partial charge in [0.25, 0.3) is 0 Å². The third-order valence-corrected chi connectivity index (χ3v) is 3.64. The summed E-state index contributed by atoms with van der Waals surface area (Å²) >= 11 is 0. The lowest BCUT2D eigenvalue weighted by molar-refractivity contribution is -0.122. The Hall–Kier alpha value is -2.24. The lowest BCUT2D eigenvalue weighted by atomic mass is 9.99. The number of piperidine rings is 1. The second kappa shape index (κ2) is 5.81. The molecule has 1 atom stereocenters. The van der Waals surface area contributed by atoms with Gasteiger partial charge in [0.2, 0.25) is 5.91 Å². The minimum atomic E-state index is -1.01. The zero-order valence-corrected chi connectivity index (χ0v) is 11.4. The highest BCUT2D eigenvalue weighted by Crippen LogP contribution is 2.30. The van der Waals surface area contributed by atoms with Crippen LogP contribution in [0.15, 0.2) is 18.2 Å². The maximum absolute atomic E-state index is 11.9. The maximum Gasteiger partial charge on any atom is 0.335 e. The molecule has 0 bridgehead atoms. The van der Waals surface area contributed by atoms with E-state index in [9.17, 15) is 9.59 Å². The summed E-state index contributed by atoms with van der Waals surface area (Å²) in [5.74, 6) is -1.05. The van der Waals surface area contributed by atoms with Gasteiger partial charge in [-0.05, 0) is 37.5 Å². The molecule has 6 nitrogen and oxygen atoms in total. The summed E-state index contributed by atoms with van der Waals surface area (Å²) in [7, 11) is 1.62. The highest BCUT2D eigenvalue weighted by molar-refractivity contribution is 5.92. The van der Waals surface area contributed by atoms with Gasteiger partial charge in [0, 0.05) is 13.6 Å². The van der Waals surface area contributed by atoms with Gasteiger partial charge in [0.1, 0.15) is 6.04 Å². The molecule has 1 heterocycles. The number of amides is 1. The predicted octanol–water partition coefficient (Wildman–Crippen LogP) is 1.07. The third-order valence-electron chi connectivity index (χ3n) is 3.64. The fraction of sp³-hybridized carbons (Fsp3) is 0.429. The van der Waals surface area contributed by atoms with E-state index in [0.29, 0.717) is 5.69 Å². The Bertz CT molecular complexity index is 530. The highest BCUT2D eigenvalue weighted by Gasteiger charge is 2.29. The number of rotatable bonds is 3. The number of nitrogens with one attached hydrogen (secondary N) is 1. The van der Waals surface area contributed by atoms with Crippen LogP contribution in [0.25, 0.3) is 0 Å². The van der Waals surface area contributed by atoms with Crippen molar-refractivity contribution < 1.29 is 14.7 Å². The molecule has 0 aromatic heterocycles. The molecule has 20 heavy (non-hydrogen) atoms. The SMILES string of the molecule is CNC(=O)C1CCCCN1c1ccc(C(=O)O)cc1N. The largest absolute Gasteiger partial charge is 0.478 e. The van der Waals surface area contributed by atoms with Crippen LogP contribution in [-0.2, 0) is 4.79 Å². The molecule has 108 valence electrons. The molecule has 1 aromatic rings. The first kappa shape index (κ1) is 14.2. The number of likely N-dealkylation sites (N-methyl/N-ethyl adjacent to an activating group) is 1. The van der Waals surface area contributed by atoms with Crippen molar-refractivity contribution in [2.45, 2.75) is 25.3 Å². The number of nitrogens with zero attached hydrogens (tertiary/aromatic N) is 1. The summed E-state index contributed by atoms with van der Waals surface area (Å²) < 4.78 is 0. The van der Waals surface area contributed by atoms with Crippen molar-refractivity contribution in [1.29, 1.82) is 0 Å². The van der Waals surface area contributed by atoms with Crippen molar-refractivity contribution in [3.05, 3.63) is 23.8 Å². The summed E-state index contributed by atoms with van der Waals surface area (Å²) in [5.41, 5.74) is 7.22. The Morgan fingerprint density at radius 1 is 1.40 bits per heavy atom. The highest BCUT2D eigenvalue weighted by atomic mass is 16.4. The zero-order valence-electron chi connectivity index (χ0n) is 11.4. The van der Waals surface area contributed by atoms with Crippen molar-refractivity contribution in [3.63, 3.8) is 0 Å². The standard InChI is InChI=1S/C14H19N3O3/c1-16-13(18)12-4-2-3-7-17(12)11-6-5-9(14(19)20)8-10(11)15/h5-6,8,12H,2-4,7,15H2,1H3,(H,16,18)(H,19,20). The first-order valence-corrected chi connectivity index (χ1v) is 6.65. The number of carbonyl (C=O) groups is 2. The number of carboxylic acids is 1. The van der Waals surface area contributed by atoms with Gasteiger partial charge in [-0.3, -0.25) is 4.79 Å². The molecule has 0 radical (unpaired) electrons. The normalized spacial score (nSPS) is 18.6. The Balaban J connectivity index is 2.32. The van der Waals surface area contributed by atoms with E-state index < -0.39 is 5.97 Å². The number of hydrogen-bond donors (Lipinski definition) is 3. The van der Waals surface area contributed by atoms with E-state index in [1.54, 1.807) is 13.1 Å². The number of nitrogen functional groups attached to an aromatic ring is 1. The average molecular weight is 277 g/mol. The second-order valence-electron chi connectivity index (χ2n) is 4.90. The molecular formula is C14H19N3O3. The van der Waals surface area contributed by atoms with E-state index >= 15 is 0 Å². The van der Waals surface area contributed by atoms with Gasteiger partial charge < -0.3 is 21.1 Å². The van der Waals surface area contributed by atoms with Crippen molar-refractivity contribution in [1.82, 2.24) is 5.32 Å².